The molecule has 8 nitrogen and oxygen atoms in total. The topological polar surface area (TPSA) is 179 Å². The van der Waals surface area contributed by atoms with Gasteiger partial charge in [0.05, 0.1) is 11.4 Å². The number of nitrogen functional groups attached to an aromatic ring is 4. The van der Waals surface area contributed by atoms with Crippen LogP contribution in [0.15, 0.2) is 36.4 Å². The van der Waals surface area contributed by atoms with E-state index in [0.29, 0.717) is 16.4 Å². The first-order valence-corrected chi connectivity index (χ1v) is 7.79. The van der Waals surface area contributed by atoms with Crippen molar-refractivity contribution in [3.05, 3.63) is 47.0 Å². The van der Waals surface area contributed by atoms with Gasteiger partial charge in [0.15, 0.2) is 0 Å². The lowest BCUT2D eigenvalue weighted by Gasteiger charge is -1.98. The Bertz CT molecular complexity index is 696. The fraction of sp³-hybridized carbons (Fsp3) is 0.0769. The molecule has 0 aliphatic heterocycles. The van der Waals surface area contributed by atoms with Gasteiger partial charge >= 0.3 is 10.4 Å². The summed E-state index contributed by atoms with van der Waals surface area (Å²) in [6.07, 6.45) is 0. The highest BCUT2D eigenvalue weighted by atomic mass is 35.5. The van der Waals surface area contributed by atoms with Crippen LogP contribution in [0.1, 0.15) is 5.56 Å². The zero-order valence-electron chi connectivity index (χ0n) is 12.3. The molecule has 0 spiro atoms. The molecule has 0 bridgehead atoms. The van der Waals surface area contributed by atoms with Gasteiger partial charge in [-0.1, -0.05) is 11.6 Å². The SMILES string of the molecule is Cc1cc(N)ccc1N.Nc1ccc(Cl)cc1N.O=S(=O)(O)O. The van der Waals surface area contributed by atoms with Crippen LogP contribution in [-0.2, 0) is 10.4 Å². The van der Waals surface area contributed by atoms with Crippen molar-refractivity contribution in [1.82, 2.24) is 0 Å². The Balaban J connectivity index is 0.000000332. The molecule has 0 aliphatic carbocycles. The second kappa shape index (κ2) is 9.06. The van der Waals surface area contributed by atoms with Crippen molar-refractivity contribution in [1.29, 1.82) is 0 Å². The van der Waals surface area contributed by atoms with Crippen LogP contribution in [0.25, 0.3) is 0 Å². The van der Waals surface area contributed by atoms with Gasteiger partial charge in [-0.15, -0.1) is 0 Å². The molecule has 0 amide bonds. The van der Waals surface area contributed by atoms with Crippen LogP contribution in [0.3, 0.4) is 0 Å². The van der Waals surface area contributed by atoms with E-state index in [0.717, 1.165) is 16.9 Å². The maximum atomic E-state index is 8.74. The highest BCUT2D eigenvalue weighted by Crippen LogP contribution is 2.18. The maximum Gasteiger partial charge on any atom is 0.394 e. The van der Waals surface area contributed by atoms with Gasteiger partial charge in [0.1, 0.15) is 0 Å². The van der Waals surface area contributed by atoms with Gasteiger partial charge in [0.25, 0.3) is 0 Å². The highest BCUT2D eigenvalue weighted by Gasteiger charge is 1.92. The van der Waals surface area contributed by atoms with Crippen molar-refractivity contribution in [3.8, 4) is 0 Å². The second-order valence-corrected chi connectivity index (χ2v) is 5.67. The third-order valence-electron chi connectivity index (χ3n) is 2.34. The summed E-state index contributed by atoms with van der Waals surface area (Å²) in [5.41, 5.74) is 25.5. The molecule has 10 heteroatoms. The lowest BCUT2D eigenvalue weighted by molar-refractivity contribution is 0.381. The van der Waals surface area contributed by atoms with E-state index in [4.69, 9.17) is 52.1 Å². The smallest absolute Gasteiger partial charge is 0.394 e. The van der Waals surface area contributed by atoms with Crippen molar-refractivity contribution >= 4 is 44.7 Å². The molecule has 0 aliphatic rings. The Morgan fingerprint density at radius 1 is 0.870 bits per heavy atom. The van der Waals surface area contributed by atoms with E-state index in [9.17, 15) is 0 Å². The quantitative estimate of drug-likeness (QED) is 0.304. The fourth-order valence-corrected chi connectivity index (χ4v) is 1.43. The van der Waals surface area contributed by atoms with E-state index in [-0.39, 0.29) is 0 Å². The number of hydrogen-bond donors (Lipinski definition) is 6. The lowest BCUT2D eigenvalue weighted by Crippen LogP contribution is -1.92. The van der Waals surface area contributed by atoms with E-state index in [1.807, 2.05) is 19.1 Å². The summed E-state index contributed by atoms with van der Waals surface area (Å²) in [4.78, 5) is 0. The standard InChI is InChI=1S/C7H10N2.C6H7ClN2.H2O4S/c1-5-4-6(8)2-3-7(5)9;7-4-1-2-5(8)6(9)3-4;1-5(2,3)4/h2-4H,8-9H2,1H3;1-3H,8-9H2;(H2,1,2,3,4). The average molecular weight is 363 g/mol. The summed E-state index contributed by atoms with van der Waals surface area (Å²) in [5.74, 6) is 0. The Morgan fingerprint density at radius 2 is 1.35 bits per heavy atom. The number of aryl methyl sites for hydroxylation is 1. The zero-order valence-corrected chi connectivity index (χ0v) is 13.8. The minimum Gasteiger partial charge on any atom is -0.399 e. The Labute approximate surface area is 139 Å². The molecule has 0 radical (unpaired) electrons. The molecule has 0 aromatic heterocycles. The van der Waals surface area contributed by atoms with E-state index in [1.165, 1.54) is 0 Å². The summed E-state index contributed by atoms with van der Waals surface area (Å²) in [6.45, 7) is 1.94. The minimum atomic E-state index is -4.67. The highest BCUT2D eigenvalue weighted by molar-refractivity contribution is 7.79. The summed E-state index contributed by atoms with van der Waals surface area (Å²) < 4.78 is 31.6. The Morgan fingerprint density at radius 3 is 1.70 bits per heavy atom. The van der Waals surface area contributed by atoms with E-state index in [1.54, 1.807) is 24.3 Å². The first-order valence-electron chi connectivity index (χ1n) is 6.02. The number of rotatable bonds is 0. The summed E-state index contributed by atoms with van der Waals surface area (Å²) >= 11 is 5.58. The van der Waals surface area contributed by atoms with Crippen LogP contribution in [0.5, 0.6) is 0 Å². The van der Waals surface area contributed by atoms with Crippen molar-refractivity contribution in [2.24, 2.45) is 0 Å². The van der Waals surface area contributed by atoms with Crippen LogP contribution < -0.4 is 22.9 Å². The van der Waals surface area contributed by atoms with Gasteiger partial charge in [-0.25, -0.2) is 0 Å². The van der Waals surface area contributed by atoms with Crippen molar-refractivity contribution < 1.29 is 17.5 Å². The lowest BCUT2D eigenvalue weighted by atomic mass is 10.2. The number of hydrogen-bond acceptors (Lipinski definition) is 6. The zero-order chi connectivity index (χ0) is 18.2. The average Bonchev–Trinajstić information content (AvgIpc) is 2.38. The molecular formula is C13H19ClN4O4S. The van der Waals surface area contributed by atoms with Gasteiger partial charge < -0.3 is 22.9 Å². The number of nitrogens with two attached hydrogens (primary N) is 4. The molecule has 0 fully saturated rings. The van der Waals surface area contributed by atoms with Crippen molar-refractivity contribution in [3.63, 3.8) is 0 Å². The Kier molecular flexibility index (Phi) is 8.19. The molecule has 0 unspecified atom stereocenters. The first kappa shape index (κ1) is 20.8. The Hall–Kier alpha value is -2.20. The molecule has 0 saturated carbocycles. The molecule has 128 valence electrons. The molecular weight excluding hydrogens is 344 g/mol. The second-order valence-electron chi connectivity index (χ2n) is 4.34. The van der Waals surface area contributed by atoms with Gasteiger partial charge in [-0.3, -0.25) is 9.11 Å². The van der Waals surface area contributed by atoms with Gasteiger partial charge in [-0.2, -0.15) is 8.42 Å². The van der Waals surface area contributed by atoms with Gasteiger partial charge in [0, 0.05) is 16.4 Å². The summed E-state index contributed by atoms with van der Waals surface area (Å²) in [6, 6.07) is 10.5. The molecule has 23 heavy (non-hydrogen) atoms. The van der Waals surface area contributed by atoms with E-state index < -0.39 is 10.4 Å². The molecule has 2 aromatic carbocycles. The van der Waals surface area contributed by atoms with Gasteiger partial charge in [0.2, 0.25) is 0 Å². The summed E-state index contributed by atoms with van der Waals surface area (Å²) in [7, 11) is -4.67. The van der Waals surface area contributed by atoms with Crippen molar-refractivity contribution in [2.45, 2.75) is 6.92 Å². The minimum absolute atomic E-state index is 0.530. The number of benzene rings is 2. The summed E-state index contributed by atoms with van der Waals surface area (Å²) in [5, 5.41) is 0.613. The molecule has 0 saturated heterocycles. The number of anilines is 4. The van der Waals surface area contributed by atoms with E-state index in [2.05, 4.69) is 0 Å². The van der Waals surface area contributed by atoms with Crippen LogP contribution in [0.2, 0.25) is 5.02 Å². The molecule has 2 rings (SSSR count). The van der Waals surface area contributed by atoms with E-state index >= 15 is 0 Å². The van der Waals surface area contributed by atoms with Crippen LogP contribution >= 0.6 is 11.6 Å². The third kappa shape index (κ3) is 11.1. The largest absolute Gasteiger partial charge is 0.399 e. The predicted molar refractivity (Wildman–Crippen MR) is 94.5 cm³/mol. The maximum absolute atomic E-state index is 8.74. The molecule has 0 heterocycles. The van der Waals surface area contributed by atoms with Crippen LogP contribution in [0.4, 0.5) is 22.7 Å². The fourth-order valence-electron chi connectivity index (χ4n) is 1.24. The molecule has 10 N–H and O–H groups in total. The third-order valence-corrected chi connectivity index (χ3v) is 2.58. The number of halogens is 1. The monoisotopic (exact) mass is 362 g/mol. The molecule has 0 atom stereocenters. The van der Waals surface area contributed by atoms with Crippen molar-refractivity contribution in [2.75, 3.05) is 22.9 Å². The van der Waals surface area contributed by atoms with Crippen LogP contribution in [-0.4, -0.2) is 17.5 Å². The normalized spacial score (nSPS) is 9.91. The molecule has 2 aromatic rings. The van der Waals surface area contributed by atoms with Crippen LogP contribution in [0, 0.1) is 6.92 Å². The first-order chi connectivity index (χ1) is 10.4. The van der Waals surface area contributed by atoms with Gasteiger partial charge in [-0.05, 0) is 48.9 Å². The predicted octanol–water partition coefficient (Wildman–Crippen LogP) is 2.01.